The van der Waals surface area contributed by atoms with Crippen LogP contribution in [0.2, 0.25) is 0 Å². The first-order chi connectivity index (χ1) is 26.1. The van der Waals surface area contributed by atoms with Crippen molar-refractivity contribution in [2.45, 2.75) is 245 Å². The summed E-state index contributed by atoms with van der Waals surface area (Å²) >= 11 is 1.33. The summed E-state index contributed by atoms with van der Waals surface area (Å²) in [4.78, 5) is 37.7. The second-order valence-corrected chi connectivity index (χ2v) is 17.7. The molecule has 2 atom stereocenters. The lowest BCUT2D eigenvalue weighted by Gasteiger charge is -2.24. The number of unbranched alkanes of at least 4 members (excludes halogenated alkanes) is 27. The van der Waals surface area contributed by atoms with Crippen LogP contribution in [0.25, 0.3) is 0 Å². The predicted molar refractivity (Wildman–Crippen MR) is 230 cm³/mol. The first-order valence-electron chi connectivity index (χ1n) is 22.8. The van der Waals surface area contributed by atoms with Crippen molar-refractivity contribution in [2.24, 2.45) is 0 Å². The molecular formula is C45H88N2O6S. The van der Waals surface area contributed by atoms with E-state index in [1.807, 2.05) is 0 Å². The number of nitrogens with one attached hydrogen (secondary N) is 2. The Morgan fingerprint density at radius 2 is 0.963 bits per heavy atom. The first kappa shape index (κ1) is 52.5. The van der Waals surface area contributed by atoms with Gasteiger partial charge in [-0.25, -0.2) is 9.59 Å². The van der Waals surface area contributed by atoms with Crippen LogP contribution in [0.15, 0.2) is 0 Å². The highest BCUT2D eigenvalue weighted by Crippen LogP contribution is 2.16. The van der Waals surface area contributed by atoms with Crippen molar-refractivity contribution in [2.75, 3.05) is 24.7 Å². The highest BCUT2D eigenvalue weighted by Gasteiger charge is 2.27. The predicted octanol–water partition coefficient (Wildman–Crippen LogP) is 12.4. The fourth-order valence-corrected chi connectivity index (χ4v) is 7.53. The molecule has 9 heteroatoms. The zero-order valence-electron chi connectivity index (χ0n) is 36.1. The van der Waals surface area contributed by atoms with Gasteiger partial charge in [0.15, 0.2) is 0 Å². The minimum atomic E-state index is -0.878. The zero-order chi connectivity index (χ0) is 40.0. The van der Waals surface area contributed by atoms with Gasteiger partial charge in [0.05, 0.1) is 6.10 Å². The van der Waals surface area contributed by atoms with E-state index in [1.165, 1.54) is 166 Å². The lowest BCUT2D eigenvalue weighted by atomic mass is 10.0. The largest absolute Gasteiger partial charge is 0.458 e. The number of rotatable bonds is 39. The van der Waals surface area contributed by atoms with Crippen molar-refractivity contribution in [1.29, 1.82) is 0 Å². The van der Waals surface area contributed by atoms with Gasteiger partial charge in [-0.2, -0.15) is 11.8 Å². The number of carbonyl (C=O) groups is 3. The van der Waals surface area contributed by atoms with Crippen LogP contribution < -0.4 is 10.6 Å². The van der Waals surface area contributed by atoms with Gasteiger partial charge in [0, 0.05) is 24.5 Å². The molecule has 8 nitrogen and oxygen atoms in total. The van der Waals surface area contributed by atoms with Gasteiger partial charge in [-0.1, -0.05) is 187 Å². The van der Waals surface area contributed by atoms with Crippen LogP contribution in [0.3, 0.4) is 0 Å². The normalized spacial score (nSPS) is 12.7. The van der Waals surface area contributed by atoms with Crippen LogP contribution in [0, 0.1) is 0 Å². The summed E-state index contributed by atoms with van der Waals surface area (Å²) in [5.41, 5.74) is -0.674. The smallest absolute Gasteiger partial charge is 0.407 e. The number of carbonyl (C=O) groups excluding carboxylic acids is 3. The third-order valence-corrected chi connectivity index (χ3v) is 11.0. The number of thioether (sulfide) groups is 1. The van der Waals surface area contributed by atoms with Crippen molar-refractivity contribution in [3.63, 3.8) is 0 Å². The van der Waals surface area contributed by atoms with E-state index < -0.39 is 29.8 Å². The van der Waals surface area contributed by atoms with E-state index in [1.54, 1.807) is 20.8 Å². The Balaban J connectivity index is 4.00. The number of esters is 1. The molecule has 54 heavy (non-hydrogen) atoms. The summed E-state index contributed by atoms with van der Waals surface area (Å²) in [6.07, 6.45) is 36.1. The van der Waals surface area contributed by atoms with E-state index in [9.17, 15) is 19.5 Å². The second kappa shape index (κ2) is 38.4. The molecule has 0 heterocycles. The average molecular weight is 785 g/mol. The van der Waals surface area contributed by atoms with Crippen LogP contribution in [0.4, 0.5) is 4.79 Å². The van der Waals surface area contributed by atoms with Crippen molar-refractivity contribution in [1.82, 2.24) is 10.6 Å². The third-order valence-electron chi connectivity index (χ3n) is 9.84. The summed E-state index contributed by atoms with van der Waals surface area (Å²) in [5.74, 6) is -0.102. The molecule has 0 fully saturated rings. The van der Waals surface area contributed by atoms with E-state index in [0.29, 0.717) is 13.0 Å². The Bertz CT molecular complexity index is 868. The molecule has 2 amide bonds. The molecule has 0 bridgehead atoms. The van der Waals surface area contributed by atoms with Gasteiger partial charge in [0.2, 0.25) is 5.91 Å². The van der Waals surface area contributed by atoms with Gasteiger partial charge in [-0.3, -0.25) is 4.79 Å². The fraction of sp³-hybridized carbons (Fsp3) is 0.933. The number of ether oxygens (including phenoxy) is 2. The zero-order valence-corrected chi connectivity index (χ0v) is 36.9. The van der Waals surface area contributed by atoms with Crippen molar-refractivity contribution in [3.05, 3.63) is 0 Å². The molecule has 0 radical (unpaired) electrons. The van der Waals surface area contributed by atoms with E-state index in [-0.39, 0.29) is 24.0 Å². The number of hydrogen-bond donors (Lipinski definition) is 3. The van der Waals surface area contributed by atoms with Crippen LogP contribution in [0.5, 0.6) is 0 Å². The molecule has 0 aromatic heterocycles. The molecule has 0 aliphatic heterocycles. The Morgan fingerprint density at radius 3 is 1.37 bits per heavy atom. The second-order valence-electron chi connectivity index (χ2n) is 16.7. The summed E-state index contributed by atoms with van der Waals surface area (Å²) < 4.78 is 10.8. The van der Waals surface area contributed by atoms with E-state index in [0.717, 1.165) is 32.1 Å². The number of aliphatic hydroxyl groups excluding tert-OH is 1. The first-order valence-corrected chi connectivity index (χ1v) is 23.9. The number of amides is 2. The summed E-state index contributed by atoms with van der Waals surface area (Å²) in [6, 6.07) is -0.806. The van der Waals surface area contributed by atoms with Crippen LogP contribution >= 0.6 is 11.8 Å². The molecule has 0 spiro atoms. The number of alkyl carbamates (subject to hydrolysis) is 1. The maximum Gasteiger partial charge on any atom is 0.407 e. The van der Waals surface area contributed by atoms with Crippen molar-refractivity contribution < 1.29 is 29.0 Å². The maximum absolute atomic E-state index is 12.9. The average Bonchev–Trinajstić information content (AvgIpc) is 3.12. The molecule has 0 rings (SSSR count). The Morgan fingerprint density at radius 1 is 0.574 bits per heavy atom. The standard InChI is InChI=1S/C45H88N2O6S/c1-6-8-10-12-14-16-18-20-21-22-24-26-28-30-32-34-36-46-44(51)52-37-40(48)38-54-39-41(43(50)53-45(3,4)5)47-42(49)35-33-31-29-27-25-23-19-17-15-13-11-9-7-2/h40-41,48H,6-39H2,1-5H3,(H,46,51)(H,47,49)/t40-,41+/m1/s1. The molecule has 320 valence electrons. The van der Waals surface area contributed by atoms with E-state index in [4.69, 9.17) is 9.47 Å². The van der Waals surface area contributed by atoms with Crippen LogP contribution in [-0.4, -0.2) is 65.5 Å². The molecule has 0 aliphatic rings. The van der Waals surface area contributed by atoms with Gasteiger partial charge in [-0.05, 0) is 33.6 Å². The van der Waals surface area contributed by atoms with Crippen LogP contribution in [-0.2, 0) is 19.1 Å². The summed E-state index contributed by atoms with van der Waals surface area (Å²) in [6.45, 7) is 10.4. The van der Waals surface area contributed by atoms with Gasteiger partial charge in [-0.15, -0.1) is 0 Å². The number of aliphatic hydroxyl groups is 1. The monoisotopic (exact) mass is 785 g/mol. The highest BCUT2D eigenvalue weighted by molar-refractivity contribution is 7.99. The molecule has 0 saturated heterocycles. The topological polar surface area (TPSA) is 114 Å². The lowest BCUT2D eigenvalue weighted by Crippen LogP contribution is -2.46. The van der Waals surface area contributed by atoms with Gasteiger partial charge >= 0.3 is 12.1 Å². The Labute approximate surface area is 338 Å². The van der Waals surface area contributed by atoms with E-state index in [2.05, 4.69) is 24.5 Å². The molecule has 0 unspecified atom stereocenters. The molecule has 0 aromatic rings. The van der Waals surface area contributed by atoms with Gasteiger partial charge in [0.1, 0.15) is 18.2 Å². The molecule has 0 saturated carbocycles. The molecule has 0 aromatic carbocycles. The molecule has 0 aliphatic carbocycles. The summed E-state index contributed by atoms with van der Waals surface area (Å²) in [7, 11) is 0. The molecule has 3 N–H and O–H groups in total. The number of hydrogen-bond acceptors (Lipinski definition) is 7. The van der Waals surface area contributed by atoms with E-state index >= 15 is 0 Å². The SMILES string of the molecule is CCCCCCCCCCCCCCCCCCNC(=O)OC[C@@H](O)CSC[C@H](NC(=O)CCCCCCCCCCCCCCC)C(=O)OC(C)(C)C. The van der Waals surface area contributed by atoms with Crippen molar-refractivity contribution in [3.8, 4) is 0 Å². The maximum atomic E-state index is 12.9. The lowest BCUT2D eigenvalue weighted by molar-refractivity contribution is -0.157. The summed E-state index contributed by atoms with van der Waals surface area (Å²) in [5, 5.41) is 16.0. The minimum Gasteiger partial charge on any atom is -0.458 e. The Hall–Kier alpha value is -1.48. The minimum absolute atomic E-state index is 0.125. The molecular weight excluding hydrogens is 697 g/mol. The van der Waals surface area contributed by atoms with Crippen LogP contribution in [0.1, 0.15) is 227 Å². The fourth-order valence-electron chi connectivity index (χ4n) is 6.57. The third kappa shape index (κ3) is 38.8. The Kier molecular flexibility index (Phi) is 37.3. The van der Waals surface area contributed by atoms with Gasteiger partial charge in [0.25, 0.3) is 0 Å². The van der Waals surface area contributed by atoms with Gasteiger partial charge < -0.3 is 25.2 Å². The quantitative estimate of drug-likeness (QED) is 0.0420. The highest BCUT2D eigenvalue weighted by atomic mass is 32.2. The van der Waals surface area contributed by atoms with Crippen molar-refractivity contribution >= 4 is 29.7 Å².